The Kier molecular flexibility index (Phi) is 3.06. The summed E-state index contributed by atoms with van der Waals surface area (Å²) in [5.74, 6) is 1.88. The van der Waals surface area contributed by atoms with Gasteiger partial charge >= 0.3 is 0 Å². The van der Waals surface area contributed by atoms with Gasteiger partial charge in [0.15, 0.2) is 0 Å². The van der Waals surface area contributed by atoms with Crippen LogP contribution in [0, 0.1) is 19.8 Å². The molecule has 2 N–H and O–H groups in total. The zero-order chi connectivity index (χ0) is 13.4. The van der Waals surface area contributed by atoms with Crippen LogP contribution in [0.15, 0.2) is 16.7 Å². The zero-order valence-electron chi connectivity index (χ0n) is 11.3. The lowest BCUT2D eigenvalue weighted by molar-refractivity contribution is 0.364. The summed E-state index contributed by atoms with van der Waals surface area (Å²) >= 11 is 0. The fourth-order valence-electron chi connectivity index (χ4n) is 2.31. The molecular weight excluding hydrogens is 240 g/mol. The Labute approximate surface area is 112 Å². The van der Waals surface area contributed by atoms with E-state index >= 15 is 0 Å². The van der Waals surface area contributed by atoms with E-state index in [9.17, 15) is 0 Å². The van der Waals surface area contributed by atoms with Crippen LogP contribution in [-0.2, 0) is 6.42 Å². The number of aromatic nitrogens is 3. The lowest BCUT2D eigenvalue weighted by Crippen LogP contribution is -2.25. The summed E-state index contributed by atoms with van der Waals surface area (Å²) in [5.41, 5.74) is 8.92. The second kappa shape index (κ2) is 4.74. The van der Waals surface area contributed by atoms with E-state index < -0.39 is 0 Å². The molecule has 19 heavy (non-hydrogen) atoms. The van der Waals surface area contributed by atoms with Crippen LogP contribution in [0.2, 0.25) is 0 Å². The highest BCUT2D eigenvalue weighted by Gasteiger charge is 2.29. The molecule has 0 saturated heterocycles. The van der Waals surface area contributed by atoms with E-state index in [1.165, 1.54) is 12.8 Å². The van der Waals surface area contributed by atoms with Crippen LogP contribution in [0.5, 0.6) is 0 Å². The summed E-state index contributed by atoms with van der Waals surface area (Å²) in [5, 5.41) is 4.03. The van der Waals surface area contributed by atoms with Crippen LogP contribution < -0.4 is 5.73 Å². The predicted octanol–water partition coefficient (Wildman–Crippen LogP) is 2.03. The molecule has 2 heterocycles. The first-order valence-electron chi connectivity index (χ1n) is 6.65. The maximum absolute atomic E-state index is 6.07. The number of rotatable bonds is 4. The monoisotopic (exact) mass is 258 g/mol. The van der Waals surface area contributed by atoms with E-state index in [-0.39, 0.29) is 6.04 Å². The van der Waals surface area contributed by atoms with E-state index in [1.807, 2.05) is 26.0 Å². The van der Waals surface area contributed by atoms with E-state index in [1.54, 1.807) is 0 Å². The van der Waals surface area contributed by atoms with E-state index in [4.69, 9.17) is 10.3 Å². The van der Waals surface area contributed by atoms with Gasteiger partial charge in [0.05, 0.1) is 0 Å². The minimum atomic E-state index is 0.147. The molecule has 1 aliphatic rings. The normalized spacial score (nSPS) is 16.6. The van der Waals surface area contributed by atoms with Gasteiger partial charge in [-0.2, -0.15) is 4.98 Å². The van der Waals surface area contributed by atoms with Crippen LogP contribution in [-0.4, -0.2) is 21.2 Å². The van der Waals surface area contributed by atoms with Crippen LogP contribution >= 0.6 is 0 Å². The third-order valence-corrected chi connectivity index (χ3v) is 3.45. The van der Waals surface area contributed by atoms with Gasteiger partial charge in [0, 0.05) is 29.4 Å². The summed E-state index contributed by atoms with van der Waals surface area (Å²) in [4.78, 5) is 8.77. The Morgan fingerprint density at radius 1 is 1.26 bits per heavy atom. The molecule has 1 unspecified atom stereocenters. The number of hydrogen-bond acceptors (Lipinski definition) is 5. The van der Waals surface area contributed by atoms with Crippen molar-refractivity contribution in [2.45, 2.75) is 39.2 Å². The molecule has 1 atom stereocenters. The molecule has 3 rings (SSSR count). The standard InChI is InChI=1S/C14H18N4O/c1-8-5-11(6-9(2)16-8)14-17-13(19-18-14)7-12(15)10-3-4-10/h5-6,10,12H,3-4,7,15H2,1-2H3. The Morgan fingerprint density at radius 3 is 2.58 bits per heavy atom. The first-order chi connectivity index (χ1) is 9.11. The summed E-state index contributed by atoms with van der Waals surface area (Å²) in [6.07, 6.45) is 3.12. The Morgan fingerprint density at radius 2 is 1.95 bits per heavy atom. The van der Waals surface area contributed by atoms with Crippen LogP contribution in [0.4, 0.5) is 0 Å². The van der Waals surface area contributed by atoms with Crippen molar-refractivity contribution in [3.05, 3.63) is 29.4 Å². The van der Waals surface area contributed by atoms with Crippen molar-refractivity contribution < 1.29 is 4.52 Å². The highest BCUT2D eigenvalue weighted by Crippen LogP contribution is 2.32. The molecule has 2 aromatic rings. The van der Waals surface area contributed by atoms with Crippen LogP contribution in [0.1, 0.15) is 30.1 Å². The number of aryl methyl sites for hydroxylation is 2. The molecule has 1 aliphatic carbocycles. The second-order valence-corrected chi connectivity index (χ2v) is 5.36. The lowest BCUT2D eigenvalue weighted by atomic mass is 10.1. The molecule has 100 valence electrons. The average molecular weight is 258 g/mol. The number of pyridine rings is 1. The largest absolute Gasteiger partial charge is 0.339 e. The van der Waals surface area contributed by atoms with Gasteiger partial charge in [-0.25, -0.2) is 0 Å². The van der Waals surface area contributed by atoms with Crippen molar-refractivity contribution in [2.24, 2.45) is 11.7 Å². The molecule has 0 aliphatic heterocycles. The van der Waals surface area contributed by atoms with Gasteiger partial charge < -0.3 is 10.3 Å². The van der Waals surface area contributed by atoms with Gasteiger partial charge in [0.1, 0.15) is 0 Å². The zero-order valence-corrected chi connectivity index (χ0v) is 11.3. The fraction of sp³-hybridized carbons (Fsp3) is 0.500. The molecular formula is C14H18N4O. The highest BCUT2D eigenvalue weighted by molar-refractivity contribution is 5.55. The highest BCUT2D eigenvalue weighted by atomic mass is 16.5. The van der Waals surface area contributed by atoms with E-state index in [0.717, 1.165) is 17.0 Å². The summed E-state index contributed by atoms with van der Waals surface area (Å²) in [7, 11) is 0. The van der Waals surface area contributed by atoms with Crippen molar-refractivity contribution in [3.63, 3.8) is 0 Å². The molecule has 0 amide bonds. The molecule has 0 bridgehead atoms. The first-order valence-corrected chi connectivity index (χ1v) is 6.65. The average Bonchev–Trinajstić information content (AvgIpc) is 3.09. The summed E-state index contributed by atoms with van der Waals surface area (Å²) in [6.45, 7) is 3.92. The maximum Gasteiger partial charge on any atom is 0.228 e. The first kappa shape index (κ1) is 12.3. The quantitative estimate of drug-likeness (QED) is 0.907. The van der Waals surface area contributed by atoms with Crippen molar-refractivity contribution in [3.8, 4) is 11.4 Å². The fourth-order valence-corrected chi connectivity index (χ4v) is 2.31. The Bertz CT molecular complexity index is 569. The van der Waals surface area contributed by atoms with E-state index in [0.29, 0.717) is 24.1 Å². The van der Waals surface area contributed by atoms with Gasteiger partial charge in [-0.1, -0.05) is 5.16 Å². The van der Waals surface area contributed by atoms with Gasteiger partial charge in [-0.3, -0.25) is 4.98 Å². The van der Waals surface area contributed by atoms with Crippen molar-refractivity contribution in [1.29, 1.82) is 0 Å². The molecule has 0 spiro atoms. The van der Waals surface area contributed by atoms with Gasteiger partial charge in [0.25, 0.3) is 0 Å². The third kappa shape index (κ3) is 2.81. The lowest BCUT2D eigenvalue weighted by Gasteiger charge is -2.04. The van der Waals surface area contributed by atoms with Gasteiger partial charge in [-0.15, -0.1) is 0 Å². The molecule has 0 radical (unpaired) electrons. The van der Waals surface area contributed by atoms with Crippen molar-refractivity contribution in [2.75, 3.05) is 0 Å². The van der Waals surface area contributed by atoms with Crippen molar-refractivity contribution in [1.82, 2.24) is 15.1 Å². The van der Waals surface area contributed by atoms with Crippen LogP contribution in [0.25, 0.3) is 11.4 Å². The minimum Gasteiger partial charge on any atom is -0.339 e. The smallest absolute Gasteiger partial charge is 0.228 e. The Balaban J connectivity index is 1.79. The molecule has 5 nitrogen and oxygen atoms in total. The van der Waals surface area contributed by atoms with Crippen molar-refractivity contribution >= 4 is 0 Å². The maximum atomic E-state index is 6.07. The summed E-state index contributed by atoms with van der Waals surface area (Å²) in [6, 6.07) is 4.07. The van der Waals surface area contributed by atoms with Gasteiger partial charge in [-0.05, 0) is 44.7 Å². The number of hydrogen-bond donors (Lipinski definition) is 1. The van der Waals surface area contributed by atoms with Crippen LogP contribution in [0.3, 0.4) is 0 Å². The summed E-state index contributed by atoms with van der Waals surface area (Å²) < 4.78 is 5.29. The SMILES string of the molecule is Cc1cc(-c2noc(CC(N)C3CC3)n2)cc(C)n1. The molecule has 2 aromatic heterocycles. The minimum absolute atomic E-state index is 0.147. The molecule has 1 saturated carbocycles. The second-order valence-electron chi connectivity index (χ2n) is 5.36. The predicted molar refractivity (Wildman–Crippen MR) is 71.4 cm³/mol. The van der Waals surface area contributed by atoms with E-state index in [2.05, 4.69) is 15.1 Å². The molecule has 1 fully saturated rings. The Hall–Kier alpha value is -1.75. The molecule has 0 aromatic carbocycles. The third-order valence-electron chi connectivity index (χ3n) is 3.45. The molecule has 5 heteroatoms. The topological polar surface area (TPSA) is 77.8 Å². The van der Waals surface area contributed by atoms with Gasteiger partial charge in [0.2, 0.25) is 11.7 Å². The number of nitrogens with two attached hydrogens (primary N) is 1. The number of nitrogens with zero attached hydrogens (tertiary/aromatic N) is 3.